The van der Waals surface area contributed by atoms with Crippen LogP contribution in [-0.2, 0) is 9.59 Å². The van der Waals surface area contributed by atoms with Crippen LogP contribution in [0.5, 0.6) is 0 Å². The molecule has 2 atom stereocenters. The van der Waals surface area contributed by atoms with Gasteiger partial charge in [0.2, 0.25) is 0 Å². The predicted molar refractivity (Wildman–Crippen MR) is 97.4 cm³/mol. The highest BCUT2D eigenvalue weighted by molar-refractivity contribution is 7.11. The van der Waals surface area contributed by atoms with Gasteiger partial charge < -0.3 is 4.90 Å². The van der Waals surface area contributed by atoms with Crippen LogP contribution in [0.15, 0.2) is 23.2 Å². The fourth-order valence-corrected chi connectivity index (χ4v) is 4.63. The second kappa shape index (κ2) is 7.09. The zero-order valence-electron chi connectivity index (χ0n) is 14.7. The molecule has 1 saturated heterocycles. The number of thiophene rings is 1. The highest BCUT2D eigenvalue weighted by atomic mass is 32.1. The van der Waals surface area contributed by atoms with Crippen molar-refractivity contribution in [2.24, 2.45) is 11.8 Å². The number of rotatable bonds is 5. The van der Waals surface area contributed by atoms with Gasteiger partial charge in [0.25, 0.3) is 11.8 Å². The first kappa shape index (κ1) is 17.2. The Morgan fingerprint density at radius 2 is 1.88 bits per heavy atom. The lowest BCUT2D eigenvalue weighted by Crippen LogP contribution is -2.42. The van der Waals surface area contributed by atoms with E-state index >= 15 is 0 Å². The van der Waals surface area contributed by atoms with Gasteiger partial charge in [0.1, 0.15) is 5.70 Å². The summed E-state index contributed by atoms with van der Waals surface area (Å²) < 4.78 is 0. The van der Waals surface area contributed by atoms with Crippen molar-refractivity contribution in [1.29, 1.82) is 0 Å². The van der Waals surface area contributed by atoms with E-state index in [1.54, 1.807) is 0 Å². The maximum atomic E-state index is 13.1. The molecule has 1 aromatic rings. The highest BCUT2D eigenvalue weighted by Gasteiger charge is 2.42. The first-order chi connectivity index (χ1) is 11.5. The first-order valence-electron chi connectivity index (χ1n) is 8.92. The molecular formula is C19H26N2O2S. The maximum Gasteiger partial charge on any atom is 0.277 e. The van der Waals surface area contributed by atoms with E-state index in [1.165, 1.54) is 22.7 Å². The van der Waals surface area contributed by atoms with Gasteiger partial charge in [0.05, 0.1) is 5.57 Å². The van der Waals surface area contributed by atoms with Crippen LogP contribution in [0.1, 0.15) is 44.9 Å². The van der Waals surface area contributed by atoms with E-state index in [0.29, 0.717) is 29.7 Å². The third kappa shape index (κ3) is 3.14. The van der Waals surface area contributed by atoms with E-state index in [-0.39, 0.29) is 11.8 Å². The molecule has 130 valence electrons. The maximum absolute atomic E-state index is 13.1. The minimum Gasteiger partial charge on any atom is -0.366 e. The van der Waals surface area contributed by atoms with Crippen molar-refractivity contribution in [3.63, 3.8) is 0 Å². The lowest BCUT2D eigenvalue weighted by Gasteiger charge is -2.37. The van der Waals surface area contributed by atoms with Crippen molar-refractivity contribution >= 4 is 28.7 Å². The Bertz CT molecular complexity index is 640. The molecule has 2 aliphatic rings. The van der Waals surface area contributed by atoms with Gasteiger partial charge in [-0.1, -0.05) is 33.3 Å². The Morgan fingerprint density at radius 1 is 1.17 bits per heavy atom. The molecule has 3 rings (SSSR count). The molecule has 0 aliphatic carbocycles. The minimum absolute atomic E-state index is 0.0989. The van der Waals surface area contributed by atoms with E-state index in [1.807, 2.05) is 17.5 Å². The molecular weight excluding hydrogens is 320 g/mol. The number of amides is 2. The molecule has 0 aromatic carbocycles. The molecule has 2 unspecified atom stereocenters. The Balaban J connectivity index is 1.99. The number of hydrogen-bond acceptors (Lipinski definition) is 4. The number of hydrogen-bond donors (Lipinski definition) is 0. The molecule has 4 nitrogen and oxygen atoms in total. The summed E-state index contributed by atoms with van der Waals surface area (Å²) >= 11 is 1.54. The Kier molecular flexibility index (Phi) is 5.09. The minimum atomic E-state index is -0.114. The second-order valence-corrected chi connectivity index (χ2v) is 8.12. The largest absolute Gasteiger partial charge is 0.366 e. The number of likely N-dealkylation sites (tertiary alicyclic amines) is 1. The van der Waals surface area contributed by atoms with Gasteiger partial charge in [-0.2, -0.15) is 0 Å². The third-order valence-electron chi connectivity index (χ3n) is 4.83. The van der Waals surface area contributed by atoms with E-state index in [9.17, 15) is 9.59 Å². The molecule has 0 saturated carbocycles. The normalized spacial score (nSPS) is 25.1. The zero-order valence-corrected chi connectivity index (χ0v) is 15.6. The van der Waals surface area contributed by atoms with Gasteiger partial charge in [-0.05, 0) is 36.1 Å². The second-order valence-electron chi connectivity index (χ2n) is 7.17. The van der Waals surface area contributed by atoms with E-state index < -0.39 is 0 Å². The number of carbonyl (C=O) groups excluding carboxylic acids is 2. The van der Waals surface area contributed by atoms with E-state index in [0.717, 1.165) is 30.8 Å². The summed E-state index contributed by atoms with van der Waals surface area (Å²) in [5, 5.41) is 1.97. The van der Waals surface area contributed by atoms with Gasteiger partial charge in [0.15, 0.2) is 0 Å². The highest BCUT2D eigenvalue weighted by Crippen LogP contribution is 2.36. The SMILES string of the molecule is CCCCN1C(=O)C(c2cccs2)=C(N2CC(C)CC(C)C2)C1=O. The number of unbranched alkanes of at least 4 members (excludes halogenated alkanes) is 1. The van der Waals surface area contributed by atoms with Gasteiger partial charge in [-0.3, -0.25) is 14.5 Å². The topological polar surface area (TPSA) is 40.6 Å². The number of carbonyl (C=O) groups is 2. The van der Waals surface area contributed by atoms with Crippen LogP contribution < -0.4 is 0 Å². The van der Waals surface area contributed by atoms with Crippen molar-refractivity contribution in [1.82, 2.24) is 9.80 Å². The van der Waals surface area contributed by atoms with Crippen LogP contribution in [0.25, 0.3) is 5.57 Å². The summed E-state index contributed by atoms with van der Waals surface area (Å²) in [5.41, 5.74) is 1.25. The first-order valence-corrected chi connectivity index (χ1v) is 9.80. The van der Waals surface area contributed by atoms with E-state index in [4.69, 9.17) is 0 Å². The summed E-state index contributed by atoms with van der Waals surface area (Å²) in [6.07, 6.45) is 3.01. The van der Waals surface area contributed by atoms with Crippen LogP contribution in [0, 0.1) is 11.8 Å². The number of nitrogens with zero attached hydrogens (tertiary/aromatic N) is 2. The Labute approximate surface area is 148 Å². The lowest BCUT2D eigenvalue weighted by atomic mass is 9.91. The number of piperidine rings is 1. The van der Waals surface area contributed by atoms with Gasteiger partial charge >= 0.3 is 0 Å². The monoisotopic (exact) mass is 346 g/mol. The average molecular weight is 346 g/mol. The van der Waals surface area contributed by atoms with Crippen LogP contribution in [-0.4, -0.2) is 41.2 Å². The molecule has 0 radical (unpaired) electrons. The molecule has 2 aliphatic heterocycles. The van der Waals surface area contributed by atoms with Crippen molar-refractivity contribution in [2.75, 3.05) is 19.6 Å². The van der Waals surface area contributed by atoms with Gasteiger partial charge in [-0.15, -0.1) is 11.3 Å². The van der Waals surface area contributed by atoms with Crippen LogP contribution >= 0.6 is 11.3 Å². The van der Waals surface area contributed by atoms with Gasteiger partial charge in [-0.25, -0.2) is 0 Å². The molecule has 24 heavy (non-hydrogen) atoms. The Hall–Kier alpha value is -1.62. The molecule has 3 heterocycles. The standard InChI is InChI=1S/C19H26N2O2S/c1-4-5-8-21-18(22)16(15-7-6-9-24-15)17(19(21)23)20-11-13(2)10-14(3)12-20/h6-7,9,13-14H,4-5,8,10-12H2,1-3H3. The molecule has 0 spiro atoms. The van der Waals surface area contributed by atoms with Gasteiger partial charge in [0, 0.05) is 24.5 Å². The fourth-order valence-electron chi connectivity index (χ4n) is 3.86. The molecule has 5 heteroatoms. The van der Waals surface area contributed by atoms with Crippen molar-refractivity contribution in [3.05, 3.63) is 28.1 Å². The summed E-state index contributed by atoms with van der Waals surface area (Å²) in [6, 6.07) is 3.89. The summed E-state index contributed by atoms with van der Waals surface area (Å²) in [7, 11) is 0. The summed E-state index contributed by atoms with van der Waals surface area (Å²) in [5.74, 6) is 0.867. The van der Waals surface area contributed by atoms with Crippen molar-refractivity contribution in [2.45, 2.75) is 40.0 Å². The van der Waals surface area contributed by atoms with E-state index in [2.05, 4.69) is 25.7 Å². The zero-order chi connectivity index (χ0) is 17.3. The molecule has 0 N–H and O–H groups in total. The lowest BCUT2D eigenvalue weighted by molar-refractivity contribution is -0.137. The smallest absolute Gasteiger partial charge is 0.277 e. The van der Waals surface area contributed by atoms with Crippen molar-refractivity contribution in [3.8, 4) is 0 Å². The van der Waals surface area contributed by atoms with Crippen LogP contribution in [0.2, 0.25) is 0 Å². The summed E-state index contributed by atoms with van der Waals surface area (Å²) in [6.45, 7) is 8.76. The Morgan fingerprint density at radius 3 is 2.46 bits per heavy atom. The quantitative estimate of drug-likeness (QED) is 0.765. The predicted octanol–water partition coefficient (Wildman–Crippen LogP) is 3.61. The van der Waals surface area contributed by atoms with Crippen molar-refractivity contribution < 1.29 is 9.59 Å². The molecule has 0 bridgehead atoms. The third-order valence-corrected chi connectivity index (χ3v) is 5.72. The summed E-state index contributed by atoms with van der Waals surface area (Å²) in [4.78, 5) is 30.5. The fraction of sp³-hybridized carbons (Fsp3) is 0.579. The molecule has 2 amide bonds. The van der Waals surface area contributed by atoms with Crippen LogP contribution in [0.3, 0.4) is 0 Å². The number of imide groups is 1. The molecule has 1 fully saturated rings. The molecule has 1 aromatic heterocycles. The average Bonchev–Trinajstić information content (AvgIpc) is 3.12. The van der Waals surface area contributed by atoms with Crippen LogP contribution in [0.4, 0.5) is 0 Å².